The summed E-state index contributed by atoms with van der Waals surface area (Å²) in [5.41, 5.74) is -0.128. The molecule has 0 aliphatic carbocycles. The minimum absolute atomic E-state index is 0.128. The number of nitriles is 1. The van der Waals surface area contributed by atoms with Crippen molar-refractivity contribution in [2.75, 3.05) is 13.2 Å². The van der Waals surface area contributed by atoms with Crippen molar-refractivity contribution in [3.8, 4) is 6.07 Å². The van der Waals surface area contributed by atoms with Gasteiger partial charge in [0.25, 0.3) is 0 Å². The van der Waals surface area contributed by atoms with Gasteiger partial charge in [-0.15, -0.1) is 19.2 Å². The Kier molecular flexibility index (Phi) is 6.33. The van der Waals surface area contributed by atoms with Crippen molar-refractivity contribution in [3.63, 3.8) is 0 Å². The predicted octanol–water partition coefficient (Wildman–Crippen LogP) is 0.990. The maximum absolute atomic E-state index is 11.2. The number of ether oxygens (including phenoxy) is 1. The van der Waals surface area contributed by atoms with Crippen LogP contribution in [0.2, 0.25) is 0 Å². The first-order chi connectivity index (χ1) is 6.67. The monoisotopic (exact) mass is 212 g/mol. The highest BCUT2D eigenvalue weighted by molar-refractivity contribution is 7.84. The van der Waals surface area contributed by atoms with E-state index in [0.717, 1.165) is 0 Å². The molecule has 0 saturated heterocycles. The Bertz CT molecular complexity index is 292. The molecule has 1 N–H and O–H groups in total. The average Bonchev–Trinajstić information content (AvgIpc) is 2.16. The van der Waals surface area contributed by atoms with Crippen molar-refractivity contribution in [3.05, 3.63) is 23.3 Å². The van der Waals surface area contributed by atoms with E-state index in [-0.39, 0.29) is 17.2 Å². The standard InChI is InChI=1S/C9H12N2O2S/c1-3-5-11-8(14)7(6-10)9(12)13-4-2/h3,11,14H,1,4-5H2,2H3. The zero-order chi connectivity index (χ0) is 11.0. The van der Waals surface area contributed by atoms with Crippen molar-refractivity contribution in [2.24, 2.45) is 0 Å². The van der Waals surface area contributed by atoms with Crippen molar-refractivity contribution in [2.45, 2.75) is 6.92 Å². The summed E-state index contributed by atoms with van der Waals surface area (Å²) in [5.74, 6) is -0.670. The molecule has 0 atom stereocenters. The Morgan fingerprint density at radius 1 is 1.79 bits per heavy atom. The molecular weight excluding hydrogens is 200 g/mol. The Hall–Kier alpha value is -1.41. The molecule has 0 aromatic rings. The topological polar surface area (TPSA) is 62.1 Å². The van der Waals surface area contributed by atoms with Crippen molar-refractivity contribution >= 4 is 18.6 Å². The lowest BCUT2D eigenvalue weighted by atomic mass is 10.3. The summed E-state index contributed by atoms with van der Waals surface area (Å²) in [6.07, 6.45) is 1.59. The minimum Gasteiger partial charge on any atom is -0.462 e. The minimum atomic E-state index is -0.670. The van der Waals surface area contributed by atoms with Crippen LogP contribution in [0.1, 0.15) is 6.92 Å². The molecule has 0 fully saturated rings. The molecule has 4 nitrogen and oxygen atoms in total. The van der Waals surface area contributed by atoms with Crippen molar-refractivity contribution in [1.29, 1.82) is 5.26 Å². The zero-order valence-corrected chi connectivity index (χ0v) is 8.80. The fraction of sp³-hybridized carbons (Fsp3) is 0.333. The van der Waals surface area contributed by atoms with Gasteiger partial charge in [-0.2, -0.15) is 5.26 Å². The Morgan fingerprint density at radius 3 is 2.86 bits per heavy atom. The van der Waals surface area contributed by atoms with Crippen LogP contribution in [0.25, 0.3) is 0 Å². The van der Waals surface area contributed by atoms with E-state index in [1.807, 2.05) is 0 Å². The van der Waals surface area contributed by atoms with Crippen LogP contribution in [0.15, 0.2) is 23.3 Å². The average molecular weight is 212 g/mol. The molecule has 0 heterocycles. The van der Waals surface area contributed by atoms with Crippen LogP contribution in [0.5, 0.6) is 0 Å². The third-order valence-corrected chi connectivity index (χ3v) is 1.62. The van der Waals surface area contributed by atoms with Crippen LogP contribution in [0, 0.1) is 11.3 Å². The van der Waals surface area contributed by atoms with Gasteiger partial charge in [0.1, 0.15) is 6.07 Å². The quantitative estimate of drug-likeness (QED) is 0.234. The van der Waals surface area contributed by atoms with Gasteiger partial charge in [0.15, 0.2) is 5.57 Å². The van der Waals surface area contributed by atoms with E-state index >= 15 is 0 Å². The molecule has 14 heavy (non-hydrogen) atoms. The number of nitrogens with zero attached hydrogens (tertiary/aromatic N) is 1. The number of nitrogens with one attached hydrogen (secondary N) is 1. The predicted molar refractivity (Wildman–Crippen MR) is 56.5 cm³/mol. The number of hydrogen-bond acceptors (Lipinski definition) is 5. The normalized spacial score (nSPS) is 10.9. The fourth-order valence-corrected chi connectivity index (χ4v) is 0.888. The SMILES string of the molecule is C=CCNC(S)=C(C#N)C(=O)OCC. The van der Waals surface area contributed by atoms with Crippen LogP contribution in [0.3, 0.4) is 0 Å². The molecule has 0 aromatic carbocycles. The largest absolute Gasteiger partial charge is 0.462 e. The second-order valence-corrected chi connectivity index (χ2v) is 2.67. The number of carbonyl (C=O) groups excluding carboxylic acids is 1. The van der Waals surface area contributed by atoms with Gasteiger partial charge in [-0.3, -0.25) is 0 Å². The molecule has 0 aliphatic rings. The summed E-state index contributed by atoms with van der Waals surface area (Å²) >= 11 is 3.97. The van der Waals surface area contributed by atoms with E-state index in [2.05, 4.69) is 29.3 Å². The number of hydrogen-bond donors (Lipinski definition) is 2. The molecule has 0 bridgehead atoms. The van der Waals surface area contributed by atoms with Gasteiger partial charge in [0, 0.05) is 6.54 Å². The molecule has 0 unspecified atom stereocenters. The van der Waals surface area contributed by atoms with Crippen LogP contribution < -0.4 is 5.32 Å². The third-order valence-electron chi connectivity index (χ3n) is 1.24. The Balaban J connectivity index is 4.58. The van der Waals surface area contributed by atoms with Crippen LogP contribution in [0.4, 0.5) is 0 Å². The number of esters is 1. The van der Waals surface area contributed by atoms with E-state index in [1.54, 1.807) is 19.1 Å². The molecule has 0 aliphatic heterocycles. The zero-order valence-electron chi connectivity index (χ0n) is 7.91. The lowest BCUT2D eigenvalue weighted by Crippen LogP contribution is -2.16. The molecule has 0 spiro atoms. The molecular formula is C9H12N2O2S. The third kappa shape index (κ3) is 4.01. The summed E-state index contributed by atoms with van der Waals surface area (Å²) in [4.78, 5) is 11.2. The molecule has 0 amide bonds. The van der Waals surface area contributed by atoms with Gasteiger partial charge >= 0.3 is 5.97 Å². The fourth-order valence-electron chi connectivity index (χ4n) is 0.656. The number of rotatable bonds is 5. The Labute approximate surface area is 88.7 Å². The Morgan fingerprint density at radius 2 is 2.43 bits per heavy atom. The summed E-state index contributed by atoms with van der Waals surface area (Å²) in [5, 5.41) is 11.6. The lowest BCUT2D eigenvalue weighted by Gasteiger charge is -2.05. The number of thiol groups is 1. The molecule has 0 aromatic heterocycles. The van der Waals surface area contributed by atoms with Gasteiger partial charge in [-0.1, -0.05) is 6.08 Å². The maximum atomic E-state index is 11.2. The molecule has 5 heteroatoms. The first-order valence-corrected chi connectivity index (χ1v) is 4.47. The highest BCUT2D eigenvalue weighted by Crippen LogP contribution is 2.06. The first-order valence-electron chi connectivity index (χ1n) is 4.02. The van der Waals surface area contributed by atoms with Gasteiger partial charge in [0.05, 0.1) is 11.6 Å². The second-order valence-electron chi connectivity index (χ2n) is 2.23. The van der Waals surface area contributed by atoms with E-state index < -0.39 is 5.97 Å². The highest BCUT2D eigenvalue weighted by atomic mass is 32.1. The maximum Gasteiger partial charge on any atom is 0.351 e. The van der Waals surface area contributed by atoms with Gasteiger partial charge < -0.3 is 10.1 Å². The van der Waals surface area contributed by atoms with Gasteiger partial charge in [-0.25, -0.2) is 4.79 Å². The summed E-state index contributed by atoms with van der Waals surface area (Å²) in [6.45, 7) is 5.81. The van der Waals surface area contributed by atoms with Crippen molar-refractivity contribution in [1.82, 2.24) is 5.32 Å². The highest BCUT2D eigenvalue weighted by Gasteiger charge is 2.13. The molecule has 0 radical (unpaired) electrons. The molecule has 0 rings (SSSR count). The van der Waals surface area contributed by atoms with E-state index in [9.17, 15) is 4.79 Å². The summed E-state index contributed by atoms with van der Waals surface area (Å²) in [7, 11) is 0. The summed E-state index contributed by atoms with van der Waals surface area (Å²) < 4.78 is 4.66. The smallest absolute Gasteiger partial charge is 0.351 e. The van der Waals surface area contributed by atoms with Gasteiger partial charge in [0.2, 0.25) is 0 Å². The van der Waals surface area contributed by atoms with E-state index in [4.69, 9.17) is 5.26 Å². The van der Waals surface area contributed by atoms with Crippen LogP contribution in [-0.2, 0) is 9.53 Å². The second kappa shape index (κ2) is 7.04. The van der Waals surface area contributed by atoms with Crippen LogP contribution in [-0.4, -0.2) is 19.1 Å². The number of carbonyl (C=O) groups is 1. The summed E-state index contributed by atoms with van der Waals surface area (Å²) in [6, 6.07) is 1.73. The van der Waals surface area contributed by atoms with E-state index in [1.165, 1.54) is 0 Å². The molecule has 76 valence electrons. The molecule has 0 saturated carbocycles. The van der Waals surface area contributed by atoms with Crippen LogP contribution >= 0.6 is 12.6 Å². The van der Waals surface area contributed by atoms with Crippen molar-refractivity contribution < 1.29 is 9.53 Å². The van der Waals surface area contributed by atoms with Gasteiger partial charge in [-0.05, 0) is 6.92 Å². The first kappa shape index (κ1) is 12.6. The van der Waals surface area contributed by atoms with E-state index in [0.29, 0.717) is 6.54 Å². The lowest BCUT2D eigenvalue weighted by molar-refractivity contribution is -0.138.